The van der Waals surface area contributed by atoms with E-state index < -0.39 is 41.1 Å². The van der Waals surface area contributed by atoms with Crippen molar-refractivity contribution in [1.82, 2.24) is 10.2 Å². The molecule has 0 radical (unpaired) electrons. The number of hydrogen-bond donors (Lipinski definition) is 3. The number of rotatable bonds is 5. The van der Waals surface area contributed by atoms with Crippen LogP contribution in [0.15, 0.2) is 53.0 Å². The number of amides is 4. The number of halogens is 1. The molecular weight excluding hydrogens is 476 g/mol. The number of carbonyl (C=O) groups excluding carboxylic acids is 4. The molecule has 2 aromatic carbocycles. The first-order valence-electron chi connectivity index (χ1n) is 10.4. The Morgan fingerprint density at radius 1 is 1.09 bits per heavy atom. The standard InChI is InChI=1S/C23H21BrN4O4/c24-13-6-7-15-14(10-13)23(22(32)26-15)19-18(16(27-23)11-17(25)29)20(30)28(21(19)31)9-8-12-4-2-1-3-5-12/h1-7,10,16,18-19,27H,8-9,11H2,(H2,25,29)(H,26,32)/t16?,18-,19+,23?/m1/s1. The number of imide groups is 1. The summed E-state index contributed by atoms with van der Waals surface area (Å²) in [6.45, 7) is 0.209. The van der Waals surface area contributed by atoms with Gasteiger partial charge in [0, 0.05) is 34.7 Å². The van der Waals surface area contributed by atoms with E-state index in [9.17, 15) is 19.2 Å². The molecule has 32 heavy (non-hydrogen) atoms. The summed E-state index contributed by atoms with van der Waals surface area (Å²) < 4.78 is 0.738. The Kier molecular flexibility index (Phi) is 4.90. The van der Waals surface area contributed by atoms with E-state index in [1.54, 1.807) is 18.2 Å². The van der Waals surface area contributed by atoms with Crippen molar-refractivity contribution in [2.75, 3.05) is 11.9 Å². The summed E-state index contributed by atoms with van der Waals surface area (Å²) in [5.74, 6) is -3.58. The monoisotopic (exact) mass is 496 g/mol. The van der Waals surface area contributed by atoms with Crippen LogP contribution in [0.5, 0.6) is 0 Å². The zero-order valence-electron chi connectivity index (χ0n) is 17.0. The zero-order chi connectivity index (χ0) is 22.6. The second-order valence-electron chi connectivity index (χ2n) is 8.44. The molecule has 3 heterocycles. The first-order valence-corrected chi connectivity index (χ1v) is 11.2. The molecule has 5 rings (SSSR count). The molecule has 0 aliphatic carbocycles. The van der Waals surface area contributed by atoms with E-state index in [1.165, 1.54) is 4.90 Å². The van der Waals surface area contributed by atoms with Crippen LogP contribution in [0.25, 0.3) is 0 Å². The van der Waals surface area contributed by atoms with Crippen LogP contribution in [0, 0.1) is 11.8 Å². The van der Waals surface area contributed by atoms with Gasteiger partial charge in [0.25, 0.3) is 0 Å². The highest BCUT2D eigenvalue weighted by Gasteiger charge is 2.70. The number of likely N-dealkylation sites (tertiary alicyclic amines) is 1. The molecule has 3 aliphatic rings. The predicted molar refractivity (Wildman–Crippen MR) is 119 cm³/mol. The van der Waals surface area contributed by atoms with Crippen LogP contribution in [0.3, 0.4) is 0 Å². The highest BCUT2D eigenvalue weighted by atomic mass is 79.9. The average Bonchev–Trinajstić information content (AvgIpc) is 3.32. The Morgan fingerprint density at radius 3 is 2.56 bits per heavy atom. The molecular formula is C23H21BrN4O4. The molecule has 2 fully saturated rings. The molecule has 2 unspecified atom stereocenters. The Labute approximate surface area is 192 Å². The lowest BCUT2D eigenvalue weighted by Gasteiger charge is -2.29. The number of nitrogens with one attached hydrogen (secondary N) is 2. The number of carbonyl (C=O) groups is 4. The minimum absolute atomic E-state index is 0.148. The van der Waals surface area contributed by atoms with Gasteiger partial charge in [-0.05, 0) is 30.2 Å². The molecule has 4 N–H and O–H groups in total. The average molecular weight is 497 g/mol. The minimum Gasteiger partial charge on any atom is -0.370 e. The smallest absolute Gasteiger partial charge is 0.250 e. The lowest BCUT2D eigenvalue weighted by Crippen LogP contribution is -2.53. The van der Waals surface area contributed by atoms with Crippen molar-refractivity contribution in [1.29, 1.82) is 0 Å². The third-order valence-corrected chi connectivity index (χ3v) is 7.15. The third kappa shape index (κ3) is 2.99. The molecule has 2 aromatic rings. The van der Waals surface area contributed by atoms with Crippen LogP contribution in [0.2, 0.25) is 0 Å². The maximum Gasteiger partial charge on any atom is 0.250 e. The van der Waals surface area contributed by atoms with Gasteiger partial charge in [0.05, 0.1) is 11.8 Å². The van der Waals surface area contributed by atoms with Crippen molar-refractivity contribution >= 4 is 45.2 Å². The fourth-order valence-electron chi connectivity index (χ4n) is 5.33. The van der Waals surface area contributed by atoms with Crippen molar-refractivity contribution in [3.05, 3.63) is 64.1 Å². The van der Waals surface area contributed by atoms with Gasteiger partial charge in [0.1, 0.15) is 5.54 Å². The molecule has 164 valence electrons. The molecule has 0 bridgehead atoms. The molecule has 0 saturated carbocycles. The maximum atomic E-state index is 13.6. The van der Waals surface area contributed by atoms with Gasteiger partial charge in [-0.2, -0.15) is 0 Å². The first kappa shape index (κ1) is 20.8. The first-order chi connectivity index (χ1) is 15.3. The fraction of sp³-hybridized carbons (Fsp3) is 0.304. The van der Waals surface area contributed by atoms with Crippen LogP contribution < -0.4 is 16.4 Å². The summed E-state index contributed by atoms with van der Waals surface area (Å²) in [6.07, 6.45) is 0.359. The van der Waals surface area contributed by atoms with E-state index in [0.29, 0.717) is 17.7 Å². The van der Waals surface area contributed by atoms with Crippen molar-refractivity contribution in [2.24, 2.45) is 17.6 Å². The Balaban J connectivity index is 1.55. The summed E-state index contributed by atoms with van der Waals surface area (Å²) in [5, 5.41) is 6.02. The molecule has 4 amide bonds. The maximum absolute atomic E-state index is 13.6. The topological polar surface area (TPSA) is 122 Å². The van der Waals surface area contributed by atoms with Gasteiger partial charge in [-0.15, -0.1) is 0 Å². The number of anilines is 1. The van der Waals surface area contributed by atoms with Gasteiger partial charge in [0.15, 0.2) is 0 Å². The molecule has 0 aromatic heterocycles. The molecule has 8 nitrogen and oxygen atoms in total. The SMILES string of the molecule is NC(=O)CC1NC2(C(=O)Nc3ccc(Br)cc32)[C@@H]2C(=O)N(CCc3ccccc3)C(=O)[C@H]12. The summed E-state index contributed by atoms with van der Waals surface area (Å²) in [5.41, 5.74) is 6.18. The highest BCUT2D eigenvalue weighted by Crippen LogP contribution is 2.53. The largest absolute Gasteiger partial charge is 0.370 e. The third-order valence-electron chi connectivity index (χ3n) is 6.66. The van der Waals surface area contributed by atoms with Crippen molar-refractivity contribution < 1.29 is 19.2 Å². The quantitative estimate of drug-likeness (QED) is 0.538. The summed E-state index contributed by atoms with van der Waals surface area (Å²) >= 11 is 3.43. The fourth-order valence-corrected chi connectivity index (χ4v) is 5.69. The number of nitrogens with zero attached hydrogens (tertiary/aromatic N) is 1. The van der Waals surface area contributed by atoms with Gasteiger partial charge in [-0.3, -0.25) is 29.4 Å². The normalized spacial score (nSPS) is 28.2. The molecule has 2 saturated heterocycles. The number of primary amides is 1. The van der Waals surface area contributed by atoms with Gasteiger partial charge in [-0.25, -0.2) is 0 Å². The van der Waals surface area contributed by atoms with Gasteiger partial charge < -0.3 is 11.1 Å². The number of nitrogens with two attached hydrogens (primary N) is 1. The summed E-state index contributed by atoms with van der Waals surface area (Å²) in [6, 6.07) is 14.2. The minimum atomic E-state index is -1.43. The Hall–Kier alpha value is -3.04. The predicted octanol–water partition coefficient (Wildman–Crippen LogP) is 1.29. The second-order valence-corrected chi connectivity index (χ2v) is 9.36. The number of fused-ring (bicyclic) bond motifs is 4. The van der Waals surface area contributed by atoms with Crippen molar-refractivity contribution in [3.63, 3.8) is 0 Å². The zero-order valence-corrected chi connectivity index (χ0v) is 18.6. The molecule has 4 atom stereocenters. The lowest BCUT2D eigenvalue weighted by atomic mass is 9.76. The molecule has 3 aliphatic heterocycles. The van der Waals surface area contributed by atoms with Crippen LogP contribution in [-0.2, 0) is 31.1 Å². The van der Waals surface area contributed by atoms with Crippen molar-refractivity contribution in [2.45, 2.75) is 24.4 Å². The Morgan fingerprint density at radius 2 is 1.84 bits per heavy atom. The summed E-state index contributed by atoms with van der Waals surface area (Å²) in [7, 11) is 0. The van der Waals surface area contributed by atoms with E-state index in [1.807, 2.05) is 30.3 Å². The van der Waals surface area contributed by atoms with Crippen LogP contribution >= 0.6 is 15.9 Å². The van der Waals surface area contributed by atoms with Gasteiger partial charge >= 0.3 is 0 Å². The van der Waals surface area contributed by atoms with E-state index in [2.05, 4.69) is 26.6 Å². The van der Waals surface area contributed by atoms with E-state index in [4.69, 9.17) is 5.73 Å². The van der Waals surface area contributed by atoms with Crippen LogP contribution in [0.4, 0.5) is 5.69 Å². The number of hydrogen-bond acceptors (Lipinski definition) is 5. The van der Waals surface area contributed by atoms with E-state index >= 15 is 0 Å². The second kappa shape index (κ2) is 7.53. The number of benzene rings is 2. The van der Waals surface area contributed by atoms with Gasteiger partial charge in [0.2, 0.25) is 23.6 Å². The Bertz CT molecular complexity index is 1150. The van der Waals surface area contributed by atoms with Gasteiger partial charge in [-0.1, -0.05) is 46.3 Å². The molecule has 9 heteroatoms. The molecule has 1 spiro atoms. The van der Waals surface area contributed by atoms with E-state index in [-0.39, 0.29) is 18.9 Å². The van der Waals surface area contributed by atoms with Crippen LogP contribution in [0.1, 0.15) is 17.5 Å². The lowest BCUT2D eigenvalue weighted by molar-refractivity contribution is -0.142. The van der Waals surface area contributed by atoms with Crippen LogP contribution in [-0.4, -0.2) is 41.1 Å². The van der Waals surface area contributed by atoms with E-state index in [0.717, 1.165) is 10.0 Å². The summed E-state index contributed by atoms with van der Waals surface area (Å²) in [4.78, 5) is 53.3. The van der Waals surface area contributed by atoms with Crippen molar-refractivity contribution in [3.8, 4) is 0 Å². The highest BCUT2D eigenvalue weighted by molar-refractivity contribution is 9.10.